The summed E-state index contributed by atoms with van der Waals surface area (Å²) >= 11 is 0. The second-order valence-electron chi connectivity index (χ2n) is 5.84. The molecule has 0 bridgehead atoms. The predicted molar refractivity (Wildman–Crippen MR) is 102 cm³/mol. The van der Waals surface area contributed by atoms with Gasteiger partial charge >= 0.3 is 5.97 Å². The maximum absolute atomic E-state index is 13.6. The molecule has 0 saturated heterocycles. The van der Waals surface area contributed by atoms with E-state index < -0.39 is 23.8 Å². The molecule has 0 aliphatic carbocycles. The molecule has 0 spiro atoms. The third-order valence-corrected chi connectivity index (χ3v) is 3.90. The molecule has 2 aromatic carbocycles. The molecular weight excluding hydrogens is 365 g/mol. The van der Waals surface area contributed by atoms with Crippen molar-refractivity contribution in [3.63, 3.8) is 0 Å². The number of rotatable bonds is 8. The SMILES string of the molecule is COc1ccc(/C=C/C(=O)O[C@H](C)C(=O)NCc2ccccc2OC)cc1F. The van der Waals surface area contributed by atoms with Gasteiger partial charge in [-0.3, -0.25) is 4.79 Å². The van der Waals surface area contributed by atoms with Gasteiger partial charge in [0.05, 0.1) is 14.2 Å². The molecule has 0 aromatic heterocycles. The molecule has 0 saturated carbocycles. The van der Waals surface area contributed by atoms with Gasteiger partial charge in [-0.15, -0.1) is 0 Å². The molecule has 0 unspecified atom stereocenters. The average molecular weight is 387 g/mol. The van der Waals surface area contributed by atoms with E-state index in [1.165, 1.54) is 32.2 Å². The first-order valence-corrected chi connectivity index (χ1v) is 8.56. The number of nitrogens with one attached hydrogen (secondary N) is 1. The van der Waals surface area contributed by atoms with Crippen molar-refractivity contribution in [2.75, 3.05) is 14.2 Å². The number of carbonyl (C=O) groups is 2. The summed E-state index contributed by atoms with van der Waals surface area (Å²) < 4.78 is 28.7. The first-order valence-electron chi connectivity index (χ1n) is 8.56. The summed E-state index contributed by atoms with van der Waals surface area (Å²) in [5.74, 6) is -0.927. The molecule has 2 aromatic rings. The summed E-state index contributed by atoms with van der Waals surface area (Å²) in [7, 11) is 2.91. The Morgan fingerprint density at radius 3 is 2.50 bits per heavy atom. The number of amides is 1. The number of benzene rings is 2. The van der Waals surface area contributed by atoms with Gasteiger partial charge in [-0.2, -0.15) is 0 Å². The fourth-order valence-electron chi connectivity index (χ4n) is 2.39. The van der Waals surface area contributed by atoms with Crippen molar-refractivity contribution in [3.8, 4) is 11.5 Å². The van der Waals surface area contributed by atoms with Gasteiger partial charge in [0, 0.05) is 18.2 Å². The lowest BCUT2D eigenvalue weighted by atomic mass is 10.2. The van der Waals surface area contributed by atoms with Crippen molar-refractivity contribution in [1.29, 1.82) is 0 Å². The third kappa shape index (κ3) is 5.84. The fourth-order valence-corrected chi connectivity index (χ4v) is 2.39. The van der Waals surface area contributed by atoms with Gasteiger partial charge in [0.25, 0.3) is 5.91 Å². The molecular formula is C21H22FNO5. The summed E-state index contributed by atoms with van der Waals surface area (Å²) in [5, 5.41) is 2.69. The van der Waals surface area contributed by atoms with Gasteiger partial charge in [0.15, 0.2) is 17.7 Å². The van der Waals surface area contributed by atoms with Gasteiger partial charge in [0.1, 0.15) is 5.75 Å². The second kappa shape index (κ2) is 10.1. The molecule has 0 aliphatic rings. The quantitative estimate of drug-likeness (QED) is 0.557. The van der Waals surface area contributed by atoms with Crippen molar-refractivity contribution >= 4 is 18.0 Å². The Bertz CT molecular complexity index is 866. The highest BCUT2D eigenvalue weighted by Crippen LogP contribution is 2.18. The van der Waals surface area contributed by atoms with Crippen LogP contribution in [0.25, 0.3) is 6.08 Å². The minimum absolute atomic E-state index is 0.111. The van der Waals surface area contributed by atoms with E-state index in [9.17, 15) is 14.0 Å². The van der Waals surface area contributed by atoms with E-state index in [4.69, 9.17) is 14.2 Å². The van der Waals surface area contributed by atoms with Crippen molar-refractivity contribution in [2.45, 2.75) is 19.6 Å². The Labute approximate surface area is 162 Å². The summed E-state index contributed by atoms with van der Waals surface area (Å²) in [6.07, 6.45) is 1.54. The number of hydrogen-bond acceptors (Lipinski definition) is 5. The van der Waals surface area contributed by atoms with Crippen LogP contribution in [0.15, 0.2) is 48.5 Å². The number of halogens is 1. The zero-order valence-corrected chi connectivity index (χ0v) is 15.9. The third-order valence-electron chi connectivity index (χ3n) is 3.90. The van der Waals surface area contributed by atoms with E-state index in [2.05, 4.69) is 5.32 Å². The normalized spacial score (nSPS) is 11.7. The van der Waals surface area contributed by atoms with E-state index >= 15 is 0 Å². The summed E-state index contributed by atoms with van der Waals surface area (Å²) in [6, 6.07) is 11.6. The number of carbonyl (C=O) groups excluding carboxylic acids is 2. The Kier molecular flexibility index (Phi) is 7.56. The molecule has 148 valence electrons. The number of esters is 1. The highest BCUT2D eigenvalue weighted by Gasteiger charge is 2.16. The molecule has 1 atom stereocenters. The van der Waals surface area contributed by atoms with E-state index in [1.54, 1.807) is 19.2 Å². The Morgan fingerprint density at radius 2 is 1.82 bits per heavy atom. The first kappa shape index (κ1) is 21.0. The molecule has 0 heterocycles. The fraction of sp³-hybridized carbons (Fsp3) is 0.238. The lowest BCUT2D eigenvalue weighted by molar-refractivity contribution is -0.150. The molecule has 0 fully saturated rings. The standard InChI is InChI=1S/C21H22FNO5/c1-14(21(25)23-13-16-6-4-5-7-18(16)26-2)28-20(24)11-9-15-8-10-19(27-3)17(22)12-15/h4-12,14H,13H2,1-3H3,(H,23,25)/b11-9+/t14-/m1/s1. The van der Waals surface area contributed by atoms with E-state index in [1.807, 2.05) is 18.2 Å². The monoisotopic (exact) mass is 387 g/mol. The summed E-state index contributed by atoms with van der Waals surface area (Å²) in [5.41, 5.74) is 1.27. The van der Waals surface area contributed by atoms with Crippen molar-refractivity contribution < 1.29 is 28.2 Å². The van der Waals surface area contributed by atoms with Crippen LogP contribution in [0.2, 0.25) is 0 Å². The summed E-state index contributed by atoms with van der Waals surface area (Å²) in [6.45, 7) is 1.71. The predicted octanol–water partition coefficient (Wildman–Crippen LogP) is 3.10. The van der Waals surface area contributed by atoms with Crippen LogP contribution in [0.5, 0.6) is 11.5 Å². The van der Waals surface area contributed by atoms with E-state index in [0.717, 1.165) is 11.6 Å². The van der Waals surface area contributed by atoms with Crippen LogP contribution >= 0.6 is 0 Å². The number of para-hydroxylation sites is 1. The second-order valence-corrected chi connectivity index (χ2v) is 5.84. The lowest BCUT2D eigenvalue weighted by Crippen LogP contribution is -2.35. The maximum Gasteiger partial charge on any atom is 0.331 e. The van der Waals surface area contributed by atoms with Crippen LogP contribution in [0, 0.1) is 5.82 Å². The van der Waals surface area contributed by atoms with Crippen molar-refractivity contribution in [1.82, 2.24) is 5.32 Å². The number of ether oxygens (including phenoxy) is 3. The lowest BCUT2D eigenvalue weighted by Gasteiger charge is -2.13. The van der Waals surface area contributed by atoms with E-state index in [-0.39, 0.29) is 12.3 Å². The van der Waals surface area contributed by atoms with Gasteiger partial charge < -0.3 is 19.5 Å². The van der Waals surface area contributed by atoms with Crippen LogP contribution in [0.1, 0.15) is 18.1 Å². The van der Waals surface area contributed by atoms with Gasteiger partial charge in [-0.1, -0.05) is 24.3 Å². The highest BCUT2D eigenvalue weighted by molar-refractivity contribution is 5.90. The van der Waals surface area contributed by atoms with Gasteiger partial charge in [0.2, 0.25) is 0 Å². The molecule has 6 nitrogen and oxygen atoms in total. The molecule has 7 heteroatoms. The molecule has 0 radical (unpaired) electrons. The molecule has 1 amide bonds. The van der Waals surface area contributed by atoms with Crippen LogP contribution in [0.3, 0.4) is 0 Å². The Balaban J connectivity index is 1.87. The smallest absolute Gasteiger partial charge is 0.331 e. The molecule has 28 heavy (non-hydrogen) atoms. The van der Waals surface area contributed by atoms with E-state index in [0.29, 0.717) is 11.3 Å². The van der Waals surface area contributed by atoms with Crippen molar-refractivity contribution in [3.05, 3.63) is 65.5 Å². The number of methoxy groups -OCH3 is 2. The summed E-state index contributed by atoms with van der Waals surface area (Å²) in [4.78, 5) is 24.0. The van der Waals surface area contributed by atoms with Gasteiger partial charge in [-0.25, -0.2) is 9.18 Å². The maximum atomic E-state index is 13.6. The zero-order chi connectivity index (χ0) is 20.5. The van der Waals surface area contributed by atoms with Crippen molar-refractivity contribution in [2.24, 2.45) is 0 Å². The van der Waals surface area contributed by atoms with Gasteiger partial charge in [-0.05, 0) is 36.8 Å². The van der Waals surface area contributed by atoms with Crippen LogP contribution in [-0.2, 0) is 20.9 Å². The molecule has 1 N–H and O–H groups in total. The number of hydrogen-bond donors (Lipinski definition) is 1. The molecule has 0 aliphatic heterocycles. The minimum Gasteiger partial charge on any atom is -0.496 e. The van der Waals surface area contributed by atoms with Crippen LogP contribution in [-0.4, -0.2) is 32.2 Å². The Hall–Kier alpha value is -3.35. The first-order chi connectivity index (χ1) is 13.4. The topological polar surface area (TPSA) is 73.9 Å². The van der Waals surface area contributed by atoms with Crippen LogP contribution in [0.4, 0.5) is 4.39 Å². The zero-order valence-electron chi connectivity index (χ0n) is 15.9. The molecule has 2 rings (SSSR count). The Morgan fingerprint density at radius 1 is 1.11 bits per heavy atom. The minimum atomic E-state index is -0.987. The largest absolute Gasteiger partial charge is 0.496 e. The van der Waals surface area contributed by atoms with Crippen LogP contribution < -0.4 is 14.8 Å². The highest BCUT2D eigenvalue weighted by atomic mass is 19.1. The average Bonchev–Trinajstić information content (AvgIpc) is 2.70.